The van der Waals surface area contributed by atoms with Crippen LogP contribution in [0.15, 0.2) is 24.3 Å². The van der Waals surface area contributed by atoms with Gasteiger partial charge in [0.15, 0.2) is 0 Å². The van der Waals surface area contributed by atoms with E-state index in [0.29, 0.717) is 0 Å². The molecular weight excluding hydrogens is 256 g/mol. The second-order valence-corrected chi connectivity index (χ2v) is 6.81. The number of unbranched alkanes of at least 4 members (excludes halogenated alkanes) is 1. The summed E-state index contributed by atoms with van der Waals surface area (Å²) in [6.07, 6.45) is 9.40. The van der Waals surface area contributed by atoms with Crippen LogP contribution in [0.4, 0.5) is 0 Å². The predicted octanol–water partition coefficient (Wildman–Crippen LogP) is 6.19. The van der Waals surface area contributed by atoms with Crippen LogP contribution < -0.4 is 4.74 Å². The highest BCUT2D eigenvalue weighted by atomic mass is 16.5. The van der Waals surface area contributed by atoms with E-state index in [1.165, 1.54) is 44.1 Å². The second kappa shape index (κ2) is 8.46. The molecule has 0 aliphatic heterocycles. The van der Waals surface area contributed by atoms with Gasteiger partial charge in [-0.3, -0.25) is 0 Å². The van der Waals surface area contributed by atoms with Gasteiger partial charge in [-0.2, -0.15) is 0 Å². The van der Waals surface area contributed by atoms with Gasteiger partial charge in [-0.25, -0.2) is 0 Å². The first-order valence-corrected chi connectivity index (χ1v) is 8.97. The Kier molecular flexibility index (Phi) is 6.60. The van der Waals surface area contributed by atoms with Crippen molar-refractivity contribution in [1.29, 1.82) is 0 Å². The van der Waals surface area contributed by atoms with E-state index in [0.717, 1.165) is 36.5 Å². The first-order valence-electron chi connectivity index (χ1n) is 8.97. The van der Waals surface area contributed by atoms with E-state index in [-0.39, 0.29) is 0 Å². The molecule has 1 aromatic carbocycles. The van der Waals surface area contributed by atoms with Gasteiger partial charge >= 0.3 is 0 Å². The van der Waals surface area contributed by atoms with Gasteiger partial charge in [-0.15, -0.1) is 0 Å². The molecule has 0 aromatic heterocycles. The van der Waals surface area contributed by atoms with E-state index in [1.807, 2.05) is 0 Å². The zero-order chi connectivity index (χ0) is 15.1. The van der Waals surface area contributed by atoms with E-state index >= 15 is 0 Å². The topological polar surface area (TPSA) is 9.23 Å². The third kappa shape index (κ3) is 4.76. The summed E-state index contributed by atoms with van der Waals surface area (Å²) < 4.78 is 5.68. The highest BCUT2D eigenvalue weighted by Crippen LogP contribution is 2.41. The van der Waals surface area contributed by atoms with Crippen LogP contribution in [-0.4, -0.2) is 6.61 Å². The first-order chi connectivity index (χ1) is 10.2. The number of hydrogen-bond acceptors (Lipinski definition) is 1. The van der Waals surface area contributed by atoms with Crippen LogP contribution in [0.25, 0.3) is 0 Å². The Bertz CT molecular complexity index is 395. The van der Waals surface area contributed by atoms with Crippen molar-refractivity contribution in [2.75, 3.05) is 6.61 Å². The molecule has 1 aromatic rings. The summed E-state index contributed by atoms with van der Waals surface area (Å²) in [7, 11) is 0. The van der Waals surface area contributed by atoms with Gasteiger partial charge < -0.3 is 4.74 Å². The smallest absolute Gasteiger partial charge is 0.119 e. The highest BCUT2D eigenvalue weighted by Gasteiger charge is 2.27. The summed E-state index contributed by atoms with van der Waals surface area (Å²) in [5.41, 5.74) is 1.51. The van der Waals surface area contributed by atoms with Crippen molar-refractivity contribution >= 4 is 0 Å². The molecule has 3 unspecified atom stereocenters. The molecule has 3 atom stereocenters. The lowest BCUT2D eigenvalue weighted by atomic mass is 9.71. The fourth-order valence-electron chi connectivity index (χ4n) is 3.71. The minimum atomic E-state index is 0.762. The van der Waals surface area contributed by atoms with Gasteiger partial charge in [-0.1, -0.05) is 52.2 Å². The molecule has 1 fully saturated rings. The molecule has 1 saturated carbocycles. The predicted molar refractivity (Wildman–Crippen MR) is 91.0 cm³/mol. The molecule has 2 rings (SSSR count). The molecule has 0 radical (unpaired) electrons. The lowest BCUT2D eigenvalue weighted by Crippen LogP contribution is -2.21. The lowest BCUT2D eigenvalue weighted by Gasteiger charge is -2.34. The molecular formula is C20H32O. The molecule has 0 heterocycles. The van der Waals surface area contributed by atoms with Crippen LogP contribution >= 0.6 is 0 Å². The molecule has 0 saturated heterocycles. The third-order valence-corrected chi connectivity index (χ3v) is 5.10. The number of rotatable bonds is 7. The van der Waals surface area contributed by atoms with E-state index in [9.17, 15) is 0 Å². The molecule has 0 spiro atoms. The Morgan fingerprint density at radius 1 is 1.05 bits per heavy atom. The van der Waals surface area contributed by atoms with Gasteiger partial charge in [0.2, 0.25) is 0 Å². The van der Waals surface area contributed by atoms with Crippen molar-refractivity contribution in [3.05, 3.63) is 29.8 Å². The number of ether oxygens (including phenoxy) is 1. The monoisotopic (exact) mass is 288 g/mol. The average molecular weight is 288 g/mol. The molecule has 0 amide bonds. The maximum Gasteiger partial charge on any atom is 0.119 e. The molecule has 21 heavy (non-hydrogen) atoms. The molecule has 1 heteroatoms. The lowest BCUT2D eigenvalue weighted by molar-refractivity contribution is 0.216. The largest absolute Gasteiger partial charge is 0.494 e. The summed E-state index contributed by atoms with van der Waals surface area (Å²) in [5.74, 6) is 3.63. The second-order valence-electron chi connectivity index (χ2n) is 6.81. The molecule has 0 N–H and O–H groups in total. The molecule has 1 nitrogen and oxygen atoms in total. The van der Waals surface area contributed by atoms with Crippen molar-refractivity contribution < 1.29 is 4.74 Å². The standard InChI is InChI=1S/C20H32O/c1-4-6-7-17-8-9-19(15-16(17)3)18-10-12-20(13-11-18)21-14-5-2/h10-13,16-17,19H,4-9,14-15H2,1-3H3. The molecule has 118 valence electrons. The van der Waals surface area contributed by atoms with Crippen LogP contribution in [0.1, 0.15) is 77.2 Å². The quantitative estimate of drug-likeness (QED) is 0.581. The third-order valence-electron chi connectivity index (χ3n) is 5.10. The Morgan fingerprint density at radius 2 is 1.81 bits per heavy atom. The zero-order valence-corrected chi connectivity index (χ0v) is 14.1. The van der Waals surface area contributed by atoms with Gasteiger partial charge in [0.1, 0.15) is 5.75 Å². The van der Waals surface area contributed by atoms with Crippen molar-refractivity contribution in [2.45, 2.75) is 71.6 Å². The summed E-state index contributed by atoms with van der Waals surface area (Å²) in [5, 5.41) is 0. The van der Waals surface area contributed by atoms with E-state index in [4.69, 9.17) is 4.74 Å². The summed E-state index contributed by atoms with van der Waals surface area (Å²) in [6.45, 7) is 7.73. The molecule has 1 aliphatic rings. The minimum Gasteiger partial charge on any atom is -0.494 e. The van der Waals surface area contributed by atoms with Crippen molar-refractivity contribution in [3.8, 4) is 5.75 Å². The van der Waals surface area contributed by atoms with Crippen molar-refractivity contribution in [3.63, 3.8) is 0 Å². The summed E-state index contributed by atoms with van der Waals surface area (Å²) >= 11 is 0. The van der Waals surface area contributed by atoms with Crippen molar-refractivity contribution in [2.24, 2.45) is 11.8 Å². The first kappa shape index (κ1) is 16.4. The molecule has 0 bridgehead atoms. The van der Waals surface area contributed by atoms with E-state index in [2.05, 4.69) is 45.0 Å². The van der Waals surface area contributed by atoms with Gasteiger partial charge in [-0.05, 0) is 61.1 Å². The maximum atomic E-state index is 5.68. The van der Waals surface area contributed by atoms with Crippen LogP contribution in [0.5, 0.6) is 5.75 Å². The fourth-order valence-corrected chi connectivity index (χ4v) is 3.71. The minimum absolute atomic E-state index is 0.762. The van der Waals surface area contributed by atoms with E-state index in [1.54, 1.807) is 0 Å². The van der Waals surface area contributed by atoms with Gasteiger partial charge in [0.05, 0.1) is 6.61 Å². The Balaban J connectivity index is 1.88. The van der Waals surface area contributed by atoms with E-state index < -0.39 is 0 Å². The summed E-state index contributed by atoms with van der Waals surface area (Å²) in [4.78, 5) is 0. The highest BCUT2D eigenvalue weighted by molar-refractivity contribution is 5.29. The van der Waals surface area contributed by atoms with Crippen LogP contribution in [0, 0.1) is 11.8 Å². The zero-order valence-electron chi connectivity index (χ0n) is 14.1. The fraction of sp³-hybridized carbons (Fsp3) is 0.700. The Hall–Kier alpha value is -0.980. The van der Waals surface area contributed by atoms with Crippen LogP contribution in [0.2, 0.25) is 0 Å². The normalized spacial score (nSPS) is 25.8. The maximum absolute atomic E-state index is 5.68. The average Bonchev–Trinajstić information content (AvgIpc) is 2.52. The van der Waals surface area contributed by atoms with Gasteiger partial charge in [0, 0.05) is 0 Å². The number of hydrogen-bond donors (Lipinski definition) is 0. The van der Waals surface area contributed by atoms with Gasteiger partial charge in [0.25, 0.3) is 0 Å². The molecule has 1 aliphatic carbocycles. The van der Waals surface area contributed by atoms with Crippen molar-refractivity contribution in [1.82, 2.24) is 0 Å². The Labute approximate surface area is 131 Å². The summed E-state index contributed by atoms with van der Waals surface area (Å²) in [6, 6.07) is 8.88. The Morgan fingerprint density at radius 3 is 2.43 bits per heavy atom. The van der Waals surface area contributed by atoms with Crippen LogP contribution in [0.3, 0.4) is 0 Å². The SMILES string of the molecule is CCCCC1CCC(c2ccc(OCCC)cc2)CC1C. The van der Waals surface area contributed by atoms with Crippen LogP contribution in [-0.2, 0) is 0 Å². The number of benzene rings is 1.